The first kappa shape index (κ1) is 18.2. The van der Waals surface area contributed by atoms with Crippen LogP contribution in [0.2, 0.25) is 0 Å². The van der Waals surface area contributed by atoms with Crippen molar-refractivity contribution in [2.24, 2.45) is 11.6 Å². The Balaban J connectivity index is 1.76. The SMILES string of the molecule is N/C=C\N(N)C[C@H]1CN(c2cc(F)c(N3CCOCC3)c(F)c2)C(=O)O1. The van der Waals surface area contributed by atoms with Crippen LogP contribution in [0.1, 0.15) is 0 Å². The van der Waals surface area contributed by atoms with E-state index in [1.54, 1.807) is 4.90 Å². The van der Waals surface area contributed by atoms with Crippen molar-refractivity contribution in [2.45, 2.75) is 6.10 Å². The molecule has 0 bridgehead atoms. The summed E-state index contributed by atoms with van der Waals surface area (Å²) in [6, 6.07) is 2.27. The number of hydrogen-bond acceptors (Lipinski definition) is 7. The van der Waals surface area contributed by atoms with Gasteiger partial charge < -0.3 is 25.1 Å². The van der Waals surface area contributed by atoms with Crippen LogP contribution in [0.5, 0.6) is 0 Å². The molecule has 4 N–H and O–H groups in total. The lowest BCUT2D eigenvalue weighted by Crippen LogP contribution is -2.37. The molecule has 10 heteroatoms. The van der Waals surface area contributed by atoms with E-state index < -0.39 is 23.8 Å². The first-order valence-corrected chi connectivity index (χ1v) is 8.19. The van der Waals surface area contributed by atoms with E-state index in [1.165, 1.54) is 22.3 Å². The monoisotopic (exact) mass is 369 g/mol. The maximum Gasteiger partial charge on any atom is 0.414 e. The minimum absolute atomic E-state index is 0.0995. The lowest BCUT2D eigenvalue weighted by Gasteiger charge is -2.29. The highest BCUT2D eigenvalue weighted by molar-refractivity contribution is 5.90. The second-order valence-corrected chi connectivity index (χ2v) is 6.01. The van der Waals surface area contributed by atoms with Gasteiger partial charge in [0.2, 0.25) is 0 Å². The van der Waals surface area contributed by atoms with Gasteiger partial charge in [-0.25, -0.2) is 19.4 Å². The highest BCUT2D eigenvalue weighted by atomic mass is 19.1. The summed E-state index contributed by atoms with van der Waals surface area (Å²) in [5.41, 5.74) is 5.23. The predicted octanol–water partition coefficient (Wildman–Crippen LogP) is 0.732. The van der Waals surface area contributed by atoms with E-state index in [1.807, 2.05) is 0 Å². The molecule has 1 amide bonds. The van der Waals surface area contributed by atoms with Gasteiger partial charge in [0, 0.05) is 37.6 Å². The van der Waals surface area contributed by atoms with Crippen LogP contribution in [0, 0.1) is 11.6 Å². The van der Waals surface area contributed by atoms with Gasteiger partial charge in [0.1, 0.15) is 11.8 Å². The number of rotatable bonds is 5. The molecule has 2 aliphatic rings. The molecule has 1 atom stereocenters. The van der Waals surface area contributed by atoms with Gasteiger partial charge in [-0.1, -0.05) is 0 Å². The molecule has 0 saturated carbocycles. The van der Waals surface area contributed by atoms with Crippen LogP contribution in [0.25, 0.3) is 0 Å². The van der Waals surface area contributed by atoms with Crippen LogP contribution in [-0.4, -0.2) is 56.6 Å². The molecular weight excluding hydrogens is 348 g/mol. The van der Waals surface area contributed by atoms with E-state index in [0.717, 1.165) is 12.1 Å². The molecule has 1 aromatic carbocycles. The Morgan fingerprint density at radius 3 is 2.54 bits per heavy atom. The smallest absolute Gasteiger partial charge is 0.414 e. The molecule has 26 heavy (non-hydrogen) atoms. The van der Waals surface area contributed by atoms with Crippen LogP contribution in [-0.2, 0) is 9.47 Å². The molecule has 2 heterocycles. The minimum Gasteiger partial charge on any atom is -0.442 e. The second kappa shape index (κ2) is 7.75. The van der Waals surface area contributed by atoms with Gasteiger partial charge in [0.25, 0.3) is 0 Å². The van der Waals surface area contributed by atoms with E-state index in [4.69, 9.17) is 21.1 Å². The maximum absolute atomic E-state index is 14.5. The standard InChI is InChI=1S/C16H21F2N5O3/c17-13-7-11(8-14(18)15(13)21-3-5-25-6-4-21)23-10-12(26-16(23)24)9-22(20)2-1-19/h1-2,7-8,12H,3-6,9-10,19-20H2/b2-1-/t12-/m0/s1. The summed E-state index contributed by atoms with van der Waals surface area (Å²) in [7, 11) is 0. The number of amides is 1. The lowest BCUT2D eigenvalue weighted by molar-refractivity contribution is 0.122. The van der Waals surface area contributed by atoms with E-state index in [0.29, 0.717) is 26.3 Å². The Hall–Kier alpha value is -2.59. The summed E-state index contributed by atoms with van der Waals surface area (Å²) in [6.07, 6.45) is 1.45. The second-order valence-electron chi connectivity index (χ2n) is 6.01. The Bertz CT molecular complexity index is 673. The van der Waals surface area contributed by atoms with Gasteiger partial charge in [0.05, 0.1) is 32.0 Å². The summed E-state index contributed by atoms with van der Waals surface area (Å²) in [5, 5.41) is 1.27. The number of carbonyl (C=O) groups is 1. The van der Waals surface area contributed by atoms with Gasteiger partial charge >= 0.3 is 6.09 Å². The van der Waals surface area contributed by atoms with Crippen LogP contribution in [0.15, 0.2) is 24.5 Å². The van der Waals surface area contributed by atoms with Crippen molar-refractivity contribution in [1.29, 1.82) is 0 Å². The molecule has 8 nitrogen and oxygen atoms in total. The third-order valence-electron chi connectivity index (χ3n) is 4.21. The predicted molar refractivity (Wildman–Crippen MR) is 91.2 cm³/mol. The van der Waals surface area contributed by atoms with Gasteiger partial charge in [-0.15, -0.1) is 0 Å². The minimum atomic E-state index is -0.732. The highest BCUT2D eigenvalue weighted by Crippen LogP contribution is 2.31. The molecule has 2 saturated heterocycles. The van der Waals surface area contributed by atoms with E-state index in [-0.39, 0.29) is 24.5 Å². The number of benzene rings is 1. The normalized spacial score (nSPS) is 20.7. The van der Waals surface area contributed by atoms with Crippen molar-refractivity contribution in [3.63, 3.8) is 0 Å². The molecule has 2 aliphatic heterocycles. The zero-order valence-corrected chi connectivity index (χ0v) is 14.1. The first-order valence-electron chi connectivity index (χ1n) is 8.19. The summed E-state index contributed by atoms with van der Waals surface area (Å²) in [6.45, 7) is 1.96. The molecule has 1 aromatic rings. The van der Waals surface area contributed by atoms with Crippen molar-refractivity contribution in [3.8, 4) is 0 Å². The van der Waals surface area contributed by atoms with Gasteiger partial charge in [-0.05, 0) is 0 Å². The summed E-state index contributed by atoms with van der Waals surface area (Å²) < 4.78 is 39.5. The number of ether oxygens (including phenoxy) is 2. The number of nitrogens with zero attached hydrogens (tertiary/aromatic N) is 3. The van der Waals surface area contributed by atoms with Crippen LogP contribution in [0.3, 0.4) is 0 Å². The number of halogens is 2. The number of nitrogens with two attached hydrogens (primary N) is 2. The summed E-state index contributed by atoms with van der Waals surface area (Å²) >= 11 is 0. The van der Waals surface area contributed by atoms with Gasteiger partial charge in [-0.2, -0.15) is 0 Å². The number of hydrazine groups is 1. The number of carbonyl (C=O) groups excluding carboxylic acids is 1. The fourth-order valence-corrected chi connectivity index (χ4v) is 3.03. The lowest BCUT2D eigenvalue weighted by atomic mass is 10.2. The third kappa shape index (κ3) is 3.81. The molecule has 0 aliphatic carbocycles. The Morgan fingerprint density at radius 1 is 1.27 bits per heavy atom. The number of morpholine rings is 1. The quantitative estimate of drug-likeness (QED) is 0.583. The van der Waals surface area contributed by atoms with Crippen LogP contribution >= 0.6 is 0 Å². The number of anilines is 2. The van der Waals surface area contributed by atoms with E-state index >= 15 is 0 Å². The number of cyclic esters (lactones) is 1. The summed E-state index contributed by atoms with van der Waals surface area (Å²) in [4.78, 5) is 14.8. The first-order chi connectivity index (χ1) is 12.5. The zero-order valence-electron chi connectivity index (χ0n) is 14.1. The zero-order chi connectivity index (χ0) is 18.7. The average molecular weight is 369 g/mol. The molecule has 0 unspecified atom stereocenters. The van der Waals surface area contributed by atoms with Crippen molar-refractivity contribution in [1.82, 2.24) is 5.01 Å². The van der Waals surface area contributed by atoms with E-state index in [9.17, 15) is 13.6 Å². The van der Waals surface area contributed by atoms with Crippen molar-refractivity contribution < 1.29 is 23.0 Å². The largest absolute Gasteiger partial charge is 0.442 e. The van der Waals surface area contributed by atoms with Crippen molar-refractivity contribution >= 4 is 17.5 Å². The maximum atomic E-state index is 14.5. The molecule has 142 valence electrons. The fraction of sp³-hybridized carbons (Fsp3) is 0.438. The van der Waals surface area contributed by atoms with Crippen molar-refractivity contribution in [2.75, 3.05) is 49.2 Å². The topological polar surface area (TPSA) is 97.3 Å². The van der Waals surface area contributed by atoms with Crippen molar-refractivity contribution in [3.05, 3.63) is 36.2 Å². The molecule has 3 rings (SSSR count). The Labute approximate surface area is 149 Å². The fourth-order valence-electron chi connectivity index (χ4n) is 3.03. The molecule has 0 radical (unpaired) electrons. The molecule has 0 spiro atoms. The summed E-state index contributed by atoms with van der Waals surface area (Å²) in [5.74, 6) is 4.20. The third-order valence-corrected chi connectivity index (χ3v) is 4.21. The Kier molecular flexibility index (Phi) is 5.43. The molecule has 2 fully saturated rings. The Morgan fingerprint density at radius 2 is 1.92 bits per heavy atom. The number of hydrogen-bond donors (Lipinski definition) is 2. The highest BCUT2D eigenvalue weighted by Gasteiger charge is 2.34. The average Bonchev–Trinajstić information content (AvgIpc) is 2.95. The van der Waals surface area contributed by atoms with Crippen LogP contribution < -0.4 is 21.4 Å². The van der Waals surface area contributed by atoms with E-state index in [2.05, 4.69) is 0 Å². The van der Waals surface area contributed by atoms with Crippen LogP contribution in [0.4, 0.5) is 25.0 Å². The molecule has 0 aromatic heterocycles. The molecular formula is C16H21F2N5O3. The van der Waals surface area contributed by atoms with Gasteiger partial charge in [0.15, 0.2) is 11.6 Å². The van der Waals surface area contributed by atoms with Gasteiger partial charge in [-0.3, -0.25) is 4.90 Å².